The molecular weight excluding hydrogens is 266 g/mol. The molecule has 3 heteroatoms. The summed E-state index contributed by atoms with van der Waals surface area (Å²) in [6.07, 6.45) is 0. The Balaban J connectivity index is 1.95. The predicted molar refractivity (Wildman–Crippen MR) is 86.3 cm³/mol. The molecule has 1 aromatic carbocycles. The average Bonchev–Trinajstić information content (AvgIpc) is 2.95. The van der Waals surface area contributed by atoms with Crippen LogP contribution < -0.4 is 10.1 Å². The minimum Gasteiger partial charge on any atom is -0.494 e. The van der Waals surface area contributed by atoms with E-state index in [1.165, 1.54) is 10.4 Å². The van der Waals surface area contributed by atoms with Gasteiger partial charge in [0, 0.05) is 17.5 Å². The van der Waals surface area contributed by atoms with E-state index in [-0.39, 0.29) is 0 Å². The fourth-order valence-corrected chi connectivity index (χ4v) is 3.20. The summed E-state index contributed by atoms with van der Waals surface area (Å²) in [4.78, 5) is 1.41. The maximum absolute atomic E-state index is 5.46. The van der Waals surface area contributed by atoms with Gasteiger partial charge in [-0.1, -0.05) is 32.0 Å². The van der Waals surface area contributed by atoms with Crippen molar-refractivity contribution in [3.63, 3.8) is 0 Å². The van der Waals surface area contributed by atoms with Gasteiger partial charge in [-0.3, -0.25) is 0 Å². The molecule has 0 spiro atoms. The van der Waals surface area contributed by atoms with E-state index >= 15 is 0 Å². The van der Waals surface area contributed by atoms with Gasteiger partial charge in [-0.2, -0.15) is 0 Å². The molecule has 0 saturated heterocycles. The van der Waals surface area contributed by atoms with Crippen LogP contribution in [-0.4, -0.2) is 6.61 Å². The van der Waals surface area contributed by atoms with Crippen molar-refractivity contribution in [2.24, 2.45) is 5.92 Å². The molecule has 1 heterocycles. The maximum Gasteiger partial charge on any atom is 0.119 e. The maximum atomic E-state index is 5.46. The molecule has 2 nitrogen and oxygen atoms in total. The fraction of sp³-hybridized carbons (Fsp3) is 0.412. The highest BCUT2D eigenvalue weighted by molar-refractivity contribution is 7.10. The van der Waals surface area contributed by atoms with Gasteiger partial charge in [0.15, 0.2) is 0 Å². The molecule has 108 valence electrons. The lowest BCUT2D eigenvalue weighted by atomic mass is 10.0. The van der Waals surface area contributed by atoms with Crippen molar-refractivity contribution < 1.29 is 4.74 Å². The Kier molecular flexibility index (Phi) is 5.62. The van der Waals surface area contributed by atoms with Gasteiger partial charge in [0.25, 0.3) is 0 Å². The molecule has 20 heavy (non-hydrogen) atoms. The topological polar surface area (TPSA) is 21.3 Å². The van der Waals surface area contributed by atoms with E-state index in [0.717, 1.165) is 12.3 Å². The Bertz CT molecular complexity index is 490. The van der Waals surface area contributed by atoms with Crippen LogP contribution in [0, 0.1) is 5.92 Å². The zero-order valence-electron chi connectivity index (χ0n) is 12.4. The number of benzene rings is 1. The number of thiophene rings is 1. The van der Waals surface area contributed by atoms with Crippen molar-refractivity contribution in [2.45, 2.75) is 33.4 Å². The summed E-state index contributed by atoms with van der Waals surface area (Å²) in [7, 11) is 0. The van der Waals surface area contributed by atoms with Crippen LogP contribution >= 0.6 is 11.3 Å². The molecule has 0 aliphatic heterocycles. The van der Waals surface area contributed by atoms with Gasteiger partial charge in [-0.05, 0) is 42.0 Å². The Labute approximate surface area is 125 Å². The van der Waals surface area contributed by atoms with E-state index in [0.29, 0.717) is 18.6 Å². The van der Waals surface area contributed by atoms with Crippen LogP contribution in [0.15, 0.2) is 41.8 Å². The third-order valence-corrected chi connectivity index (χ3v) is 4.23. The average molecular weight is 289 g/mol. The van der Waals surface area contributed by atoms with E-state index in [2.05, 4.69) is 48.8 Å². The fourth-order valence-electron chi connectivity index (χ4n) is 2.23. The van der Waals surface area contributed by atoms with E-state index < -0.39 is 0 Å². The molecule has 0 aliphatic rings. The SMILES string of the molecule is CCOc1ccc(CNC(c2cccs2)C(C)C)cc1. The number of hydrogen-bond donors (Lipinski definition) is 1. The lowest BCUT2D eigenvalue weighted by Crippen LogP contribution is -2.24. The zero-order valence-corrected chi connectivity index (χ0v) is 13.2. The summed E-state index contributed by atoms with van der Waals surface area (Å²) < 4.78 is 5.46. The predicted octanol–water partition coefficient (Wildman–Crippen LogP) is 4.63. The second kappa shape index (κ2) is 7.46. The van der Waals surface area contributed by atoms with Crippen molar-refractivity contribution in [1.82, 2.24) is 5.32 Å². The molecule has 0 amide bonds. The molecule has 0 fully saturated rings. The lowest BCUT2D eigenvalue weighted by molar-refractivity contribution is 0.340. The Morgan fingerprint density at radius 1 is 1.15 bits per heavy atom. The van der Waals surface area contributed by atoms with Crippen molar-refractivity contribution >= 4 is 11.3 Å². The van der Waals surface area contributed by atoms with Crippen LogP contribution in [0.4, 0.5) is 0 Å². The third kappa shape index (κ3) is 4.09. The highest BCUT2D eigenvalue weighted by atomic mass is 32.1. The van der Waals surface area contributed by atoms with Crippen LogP contribution in [0.5, 0.6) is 5.75 Å². The summed E-state index contributed by atoms with van der Waals surface area (Å²) in [6.45, 7) is 8.12. The second-order valence-corrected chi connectivity index (χ2v) is 6.17. The van der Waals surface area contributed by atoms with Crippen LogP contribution in [0.3, 0.4) is 0 Å². The Hall–Kier alpha value is -1.32. The van der Waals surface area contributed by atoms with Gasteiger partial charge < -0.3 is 10.1 Å². The summed E-state index contributed by atoms with van der Waals surface area (Å²) in [5, 5.41) is 5.80. The van der Waals surface area contributed by atoms with Crippen LogP contribution in [0.2, 0.25) is 0 Å². The molecule has 2 rings (SSSR count). The van der Waals surface area contributed by atoms with Crippen LogP contribution in [0.1, 0.15) is 37.3 Å². The van der Waals surface area contributed by atoms with Crippen molar-refractivity contribution in [1.29, 1.82) is 0 Å². The standard InChI is InChI=1S/C17H23NOS/c1-4-19-15-9-7-14(8-10-15)12-18-17(13(2)3)16-6-5-11-20-16/h5-11,13,17-18H,4,12H2,1-3H3. The molecule has 0 radical (unpaired) electrons. The van der Waals surface area contributed by atoms with E-state index in [1.54, 1.807) is 0 Å². The van der Waals surface area contributed by atoms with Gasteiger partial charge >= 0.3 is 0 Å². The minimum atomic E-state index is 0.418. The number of nitrogens with one attached hydrogen (secondary N) is 1. The molecule has 0 aliphatic carbocycles. The van der Waals surface area contributed by atoms with Gasteiger partial charge in [-0.15, -0.1) is 11.3 Å². The van der Waals surface area contributed by atoms with Gasteiger partial charge in [0.05, 0.1) is 6.61 Å². The third-order valence-electron chi connectivity index (χ3n) is 3.28. The number of rotatable bonds is 7. The minimum absolute atomic E-state index is 0.418. The Morgan fingerprint density at radius 2 is 1.90 bits per heavy atom. The second-order valence-electron chi connectivity index (χ2n) is 5.19. The highest BCUT2D eigenvalue weighted by Crippen LogP contribution is 2.26. The molecule has 1 aromatic heterocycles. The summed E-state index contributed by atoms with van der Waals surface area (Å²) in [6, 6.07) is 13.1. The van der Waals surface area contributed by atoms with Gasteiger partial charge in [0.1, 0.15) is 5.75 Å². The van der Waals surface area contributed by atoms with Gasteiger partial charge in [-0.25, -0.2) is 0 Å². The summed E-state index contributed by atoms with van der Waals surface area (Å²) >= 11 is 1.82. The van der Waals surface area contributed by atoms with Crippen molar-refractivity contribution in [2.75, 3.05) is 6.61 Å². The molecule has 1 N–H and O–H groups in total. The normalized spacial score (nSPS) is 12.6. The molecule has 0 saturated carbocycles. The van der Waals surface area contributed by atoms with Crippen molar-refractivity contribution in [3.8, 4) is 5.75 Å². The number of ether oxygens (including phenoxy) is 1. The Morgan fingerprint density at radius 3 is 2.45 bits per heavy atom. The van der Waals surface area contributed by atoms with E-state index in [4.69, 9.17) is 4.74 Å². The van der Waals surface area contributed by atoms with Crippen LogP contribution in [0.25, 0.3) is 0 Å². The molecule has 2 aromatic rings. The first-order chi connectivity index (χ1) is 9.70. The monoisotopic (exact) mass is 289 g/mol. The first-order valence-electron chi connectivity index (χ1n) is 7.19. The van der Waals surface area contributed by atoms with E-state index in [1.807, 2.05) is 30.4 Å². The molecule has 1 atom stereocenters. The van der Waals surface area contributed by atoms with Crippen molar-refractivity contribution in [3.05, 3.63) is 52.2 Å². The van der Waals surface area contributed by atoms with Crippen LogP contribution in [-0.2, 0) is 6.54 Å². The lowest BCUT2D eigenvalue weighted by Gasteiger charge is -2.21. The first-order valence-corrected chi connectivity index (χ1v) is 8.07. The molecule has 0 bridgehead atoms. The summed E-state index contributed by atoms with van der Waals surface area (Å²) in [5.74, 6) is 1.52. The highest BCUT2D eigenvalue weighted by Gasteiger charge is 2.15. The zero-order chi connectivity index (χ0) is 14.4. The molecule has 1 unspecified atom stereocenters. The summed E-state index contributed by atoms with van der Waals surface area (Å²) in [5.41, 5.74) is 1.29. The van der Waals surface area contributed by atoms with E-state index in [9.17, 15) is 0 Å². The number of hydrogen-bond acceptors (Lipinski definition) is 3. The first kappa shape index (κ1) is 15.1. The quantitative estimate of drug-likeness (QED) is 0.802. The largest absolute Gasteiger partial charge is 0.494 e. The van der Waals surface area contributed by atoms with Gasteiger partial charge in [0.2, 0.25) is 0 Å². The molecular formula is C17H23NOS. The smallest absolute Gasteiger partial charge is 0.119 e.